The average molecular weight is 220 g/mol. The number of benzene rings is 1. The number of halogens is 1. The number of hydrogen-bond acceptors (Lipinski definition) is 3. The van der Waals surface area contributed by atoms with Crippen molar-refractivity contribution in [1.29, 1.82) is 0 Å². The summed E-state index contributed by atoms with van der Waals surface area (Å²) < 4.78 is 13.2. The normalized spacial score (nSPS) is 10.1. The molecule has 1 heterocycles. The van der Waals surface area contributed by atoms with Crippen molar-refractivity contribution in [3.05, 3.63) is 47.5 Å². The summed E-state index contributed by atoms with van der Waals surface area (Å²) in [6.07, 6.45) is 1.30. The second-order valence-electron chi connectivity index (χ2n) is 3.13. The van der Waals surface area contributed by atoms with Gasteiger partial charge in [-0.1, -0.05) is 18.2 Å². The summed E-state index contributed by atoms with van der Waals surface area (Å²) in [7, 11) is 0. The second kappa shape index (κ2) is 4.52. The highest BCUT2D eigenvalue weighted by atomic mass is 19.1. The van der Waals surface area contributed by atoms with E-state index in [-0.39, 0.29) is 18.1 Å². The highest BCUT2D eigenvalue weighted by Crippen LogP contribution is 2.05. The van der Waals surface area contributed by atoms with Crippen molar-refractivity contribution < 1.29 is 9.18 Å². The lowest BCUT2D eigenvalue weighted by Crippen LogP contribution is -2.23. The fourth-order valence-electron chi connectivity index (χ4n) is 1.22. The minimum atomic E-state index is -0.392. The molecule has 0 bridgehead atoms. The van der Waals surface area contributed by atoms with E-state index in [4.69, 9.17) is 0 Å². The van der Waals surface area contributed by atoms with Crippen LogP contribution >= 0.6 is 0 Å². The summed E-state index contributed by atoms with van der Waals surface area (Å²) in [5, 5.41) is 12.0. The van der Waals surface area contributed by atoms with Crippen LogP contribution in [0.2, 0.25) is 0 Å². The van der Waals surface area contributed by atoms with E-state index in [1.54, 1.807) is 18.2 Å². The molecular formula is C10H9FN4O. The Labute approximate surface area is 90.7 Å². The molecule has 1 aromatic carbocycles. The van der Waals surface area contributed by atoms with E-state index in [9.17, 15) is 9.18 Å². The van der Waals surface area contributed by atoms with Gasteiger partial charge in [-0.05, 0) is 6.07 Å². The van der Waals surface area contributed by atoms with Gasteiger partial charge in [-0.25, -0.2) is 4.39 Å². The van der Waals surface area contributed by atoms with E-state index in [2.05, 4.69) is 20.7 Å². The van der Waals surface area contributed by atoms with Gasteiger partial charge < -0.3 is 5.32 Å². The van der Waals surface area contributed by atoms with Crippen LogP contribution in [0.1, 0.15) is 16.1 Å². The Hall–Kier alpha value is -2.24. The van der Waals surface area contributed by atoms with Crippen LogP contribution in [0.5, 0.6) is 0 Å². The topological polar surface area (TPSA) is 70.7 Å². The van der Waals surface area contributed by atoms with Crippen LogP contribution in [-0.2, 0) is 6.54 Å². The minimum Gasteiger partial charge on any atom is -0.346 e. The lowest BCUT2D eigenvalue weighted by Gasteiger charge is -2.03. The zero-order valence-electron chi connectivity index (χ0n) is 8.27. The molecule has 2 aromatic rings. The SMILES string of the molecule is O=C(NCc1ccccc1F)c1cn[nH]n1. The number of nitrogens with zero attached hydrogens (tertiary/aromatic N) is 2. The number of amides is 1. The maximum atomic E-state index is 13.2. The number of aromatic nitrogens is 3. The molecule has 0 spiro atoms. The second-order valence-corrected chi connectivity index (χ2v) is 3.13. The lowest BCUT2D eigenvalue weighted by molar-refractivity contribution is 0.0945. The summed E-state index contributed by atoms with van der Waals surface area (Å²) >= 11 is 0. The summed E-state index contributed by atoms with van der Waals surface area (Å²) in [5.41, 5.74) is 0.607. The van der Waals surface area contributed by atoms with Gasteiger partial charge >= 0.3 is 0 Å². The standard InChI is InChI=1S/C10H9FN4O/c11-8-4-2-1-3-7(8)5-12-10(16)9-6-13-15-14-9/h1-4,6H,5H2,(H,12,16)(H,13,14,15). The van der Waals surface area contributed by atoms with Gasteiger partial charge in [-0.2, -0.15) is 15.4 Å². The molecule has 6 heteroatoms. The molecule has 0 aliphatic carbocycles. The lowest BCUT2D eigenvalue weighted by atomic mass is 10.2. The molecular weight excluding hydrogens is 211 g/mol. The molecule has 0 aliphatic heterocycles. The molecule has 1 amide bonds. The molecule has 5 nitrogen and oxygen atoms in total. The van der Waals surface area contributed by atoms with Crippen LogP contribution in [0, 0.1) is 5.82 Å². The first kappa shape index (κ1) is 10.3. The number of hydrogen-bond donors (Lipinski definition) is 2. The monoisotopic (exact) mass is 220 g/mol. The highest BCUT2D eigenvalue weighted by molar-refractivity contribution is 5.91. The molecule has 0 unspecified atom stereocenters. The zero-order chi connectivity index (χ0) is 11.4. The fraction of sp³-hybridized carbons (Fsp3) is 0.100. The summed E-state index contributed by atoms with van der Waals surface area (Å²) in [6.45, 7) is 0.123. The number of rotatable bonds is 3. The molecule has 0 fully saturated rings. The van der Waals surface area contributed by atoms with E-state index >= 15 is 0 Å². The Balaban J connectivity index is 1.98. The van der Waals surface area contributed by atoms with Crippen LogP contribution in [0.15, 0.2) is 30.5 Å². The summed E-state index contributed by atoms with van der Waals surface area (Å²) in [5.74, 6) is -0.736. The summed E-state index contributed by atoms with van der Waals surface area (Å²) in [4.78, 5) is 11.4. The van der Waals surface area contributed by atoms with Crippen molar-refractivity contribution in [2.24, 2.45) is 0 Å². The van der Waals surface area contributed by atoms with Gasteiger partial charge in [0.05, 0.1) is 6.20 Å². The molecule has 0 atom stereocenters. The number of aromatic amines is 1. The van der Waals surface area contributed by atoms with Crippen LogP contribution in [0.3, 0.4) is 0 Å². The third-order valence-corrected chi connectivity index (χ3v) is 2.04. The Bertz CT molecular complexity index is 483. The minimum absolute atomic E-state index is 0.123. The quantitative estimate of drug-likeness (QED) is 0.806. The summed E-state index contributed by atoms with van der Waals surface area (Å²) in [6, 6.07) is 6.26. The van der Waals surface area contributed by atoms with E-state index < -0.39 is 5.91 Å². The van der Waals surface area contributed by atoms with E-state index in [0.717, 1.165) is 0 Å². The number of carbonyl (C=O) groups is 1. The van der Waals surface area contributed by atoms with E-state index in [1.165, 1.54) is 12.3 Å². The molecule has 0 aliphatic rings. The highest BCUT2D eigenvalue weighted by Gasteiger charge is 2.08. The predicted octanol–water partition coefficient (Wildman–Crippen LogP) is 0.874. The molecule has 0 radical (unpaired) electrons. The maximum absolute atomic E-state index is 13.2. The van der Waals surface area contributed by atoms with Crippen molar-refractivity contribution in [3.63, 3.8) is 0 Å². The molecule has 2 rings (SSSR count). The Morgan fingerprint density at radius 3 is 2.94 bits per heavy atom. The number of H-pyrrole nitrogens is 1. The van der Waals surface area contributed by atoms with Crippen LogP contribution in [0.25, 0.3) is 0 Å². The van der Waals surface area contributed by atoms with Crippen LogP contribution in [-0.4, -0.2) is 21.3 Å². The van der Waals surface area contributed by atoms with Crippen molar-refractivity contribution >= 4 is 5.91 Å². The first-order valence-corrected chi connectivity index (χ1v) is 4.65. The largest absolute Gasteiger partial charge is 0.346 e. The first-order chi connectivity index (χ1) is 7.77. The zero-order valence-corrected chi connectivity index (χ0v) is 8.27. The van der Waals surface area contributed by atoms with Gasteiger partial charge in [0.1, 0.15) is 5.82 Å². The smallest absolute Gasteiger partial charge is 0.273 e. The van der Waals surface area contributed by atoms with Crippen molar-refractivity contribution in [3.8, 4) is 0 Å². The van der Waals surface area contributed by atoms with Gasteiger partial charge in [0.15, 0.2) is 5.69 Å². The Morgan fingerprint density at radius 2 is 2.25 bits per heavy atom. The Morgan fingerprint density at radius 1 is 1.44 bits per heavy atom. The third-order valence-electron chi connectivity index (χ3n) is 2.04. The molecule has 0 saturated carbocycles. The number of nitrogens with one attached hydrogen (secondary N) is 2. The maximum Gasteiger partial charge on any atom is 0.273 e. The average Bonchev–Trinajstić information content (AvgIpc) is 2.81. The predicted molar refractivity (Wildman–Crippen MR) is 54.0 cm³/mol. The van der Waals surface area contributed by atoms with Crippen LogP contribution in [0.4, 0.5) is 4.39 Å². The van der Waals surface area contributed by atoms with Gasteiger partial charge in [0, 0.05) is 12.1 Å². The molecule has 1 aromatic heterocycles. The van der Waals surface area contributed by atoms with Crippen LogP contribution < -0.4 is 5.32 Å². The van der Waals surface area contributed by atoms with Gasteiger partial charge in [0.25, 0.3) is 5.91 Å². The Kier molecular flexibility index (Phi) is 2.90. The number of carbonyl (C=O) groups excluding carboxylic acids is 1. The van der Waals surface area contributed by atoms with E-state index in [1.807, 2.05) is 0 Å². The van der Waals surface area contributed by atoms with Crippen molar-refractivity contribution in [1.82, 2.24) is 20.7 Å². The van der Waals surface area contributed by atoms with Crippen molar-refractivity contribution in [2.45, 2.75) is 6.54 Å². The molecule has 82 valence electrons. The van der Waals surface area contributed by atoms with Gasteiger partial charge in [-0.15, -0.1) is 0 Å². The molecule has 2 N–H and O–H groups in total. The van der Waals surface area contributed by atoms with E-state index in [0.29, 0.717) is 5.56 Å². The molecule has 16 heavy (non-hydrogen) atoms. The first-order valence-electron chi connectivity index (χ1n) is 4.65. The molecule has 0 saturated heterocycles. The fourth-order valence-corrected chi connectivity index (χ4v) is 1.22. The third kappa shape index (κ3) is 2.22. The van der Waals surface area contributed by atoms with Gasteiger partial charge in [0.2, 0.25) is 0 Å². The van der Waals surface area contributed by atoms with Crippen molar-refractivity contribution in [2.75, 3.05) is 0 Å². The van der Waals surface area contributed by atoms with Gasteiger partial charge in [-0.3, -0.25) is 4.79 Å².